The maximum atomic E-state index is 12.1. The van der Waals surface area contributed by atoms with E-state index in [9.17, 15) is 9.59 Å². The van der Waals surface area contributed by atoms with Gasteiger partial charge in [0.15, 0.2) is 17.6 Å². The molecule has 1 aromatic heterocycles. The molecule has 0 spiro atoms. The van der Waals surface area contributed by atoms with Gasteiger partial charge < -0.3 is 23.9 Å². The summed E-state index contributed by atoms with van der Waals surface area (Å²) in [6.07, 6.45) is 1.26. The van der Waals surface area contributed by atoms with Crippen LogP contribution in [0.25, 0.3) is 0 Å². The quantitative estimate of drug-likeness (QED) is 0.691. The van der Waals surface area contributed by atoms with Crippen molar-refractivity contribution < 1.29 is 28.2 Å². The lowest BCUT2D eigenvalue weighted by Gasteiger charge is -2.14. The van der Waals surface area contributed by atoms with E-state index >= 15 is 0 Å². The zero-order valence-electron chi connectivity index (χ0n) is 15.1. The first-order valence-corrected chi connectivity index (χ1v) is 8.24. The van der Waals surface area contributed by atoms with Crippen LogP contribution in [0.2, 0.25) is 0 Å². The molecule has 0 aliphatic heterocycles. The Morgan fingerprint density at radius 2 is 1.92 bits per heavy atom. The third-order valence-electron chi connectivity index (χ3n) is 3.75. The number of esters is 1. The van der Waals surface area contributed by atoms with E-state index in [2.05, 4.69) is 5.32 Å². The summed E-state index contributed by atoms with van der Waals surface area (Å²) in [6, 6.07) is 8.90. The summed E-state index contributed by atoms with van der Waals surface area (Å²) < 4.78 is 20.7. The number of amides is 1. The molecule has 1 N–H and O–H groups in total. The molecule has 1 amide bonds. The molecule has 0 aliphatic carbocycles. The third kappa shape index (κ3) is 5.54. The molecular formula is C19H23NO6. The van der Waals surface area contributed by atoms with Crippen molar-refractivity contribution in [3.63, 3.8) is 0 Å². The molecule has 1 atom stereocenters. The SMILES string of the molecule is COc1ccc(CNC(=O)[C@H](C)OC(=O)CCc2ccco2)cc1OC. The monoisotopic (exact) mass is 361 g/mol. The highest BCUT2D eigenvalue weighted by atomic mass is 16.5. The summed E-state index contributed by atoms with van der Waals surface area (Å²) in [5.41, 5.74) is 0.840. The minimum absolute atomic E-state index is 0.154. The minimum atomic E-state index is -0.876. The van der Waals surface area contributed by atoms with Crippen LogP contribution in [-0.2, 0) is 27.3 Å². The number of hydrogen-bond donors (Lipinski definition) is 1. The van der Waals surface area contributed by atoms with E-state index in [1.165, 1.54) is 6.92 Å². The Hall–Kier alpha value is -2.96. The Morgan fingerprint density at radius 3 is 2.58 bits per heavy atom. The van der Waals surface area contributed by atoms with Gasteiger partial charge in [-0.05, 0) is 36.8 Å². The lowest BCUT2D eigenvalue weighted by Crippen LogP contribution is -2.35. The van der Waals surface area contributed by atoms with Crippen molar-refractivity contribution in [2.24, 2.45) is 0 Å². The van der Waals surface area contributed by atoms with Gasteiger partial charge in [0.25, 0.3) is 5.91 Å². The lowest BCUT2D eigenvalue weighted by molar-refractivity contribution is -0.154. The highest BCUT2D eigenvalue weighted by Gasteiger charge is 2.18. The Kier molecular flexibility index (Phi) is 7.08. The molecule has 0 unspecified atom stereocenters. The van der Waals surface area contributed by atoms with Gasteiger partial charge in [-0.15, -0.1) is 0 Å². The van der Waals surface area contributed by atoms with Gasteiger partial charge >= 0.3 is 5.97 Å². The number of ether oxygens (including phenoxy) is 3. The maximum Gasteiger partial charge on any atom is 0.307 e. The van der Waals surface area contributed by atoms with Crippen LogP contribution in [0.4, 0.5) is 0 Å². The smallest absolute Gasteiger partial charge is 0.307 e. The summed E-state index contributed by atoms with van der Waals surface area (Å²) in [5.74, 6) is 1.08. The van der Waals surface area contributed by atoms with E-state index in [0.29, 0.717) is 23.7 Å². The van der Waals surface area contributed by atoms with Crippen LogP contribution in [-0.4, -0.2) is 32.2 Å². The zero-order valence-corrected chi connectivity index (χ0v) is 15.1. The van der Waals surface area contributed by atoms with Crippen molar-refractivity contribution in [3.05, 3.63) is 47.9 Å². The van der Waals surface area contributed by atoms with E-state index < -0.39 is 12.1 Å². The number of benzene rings is 1. The Morgan fingerprint density at radius 1 is 1.15 bits per heavy atom. The largest absolute Gasteiger partial charge is 0.493 e. The number of furan rings is 1. The van der Waals surface area contributed by atoms with Gasteiger partial charge in [-0.2, -0.15) is 0 Å². The van der Waals surface area contributed by atoms with Crippen molar-refractivity contribution in [1.29, 1.82) is 0 Å². The van der Waals surface area contributed by atoms with E-state index in [-0.39, 0.29) is 18.9 Å². The molecule has 140 valence electrons. The molecule has 0 bridgehead atoms. The Balaban J connectivity index is 1.78. The predicted molar refractivity (Wildman–Crippen MR) is 94.0 cm³/mol. The van der Waals surface area contributed by atoms with Crippen molar-refractivity contribution in [2.45, 2.75) is 32.4 Å². The van der Waals surface area contributed by atoms with E-state index in [1.807, 2.05) is 6.07 Å². The molecule has 7 nitrogen and oxygen atoms in total. The van der Waals surface area contributed by atoms with E-state index in [4.69, 9.17) is 18.6 Å². The highest BCUT2D eigenvalue weighted by molar-refractivity contribution is 5.83. The summed E-state index contributed by atoms with van der Waals surface area (Å²) in [5, 5.41) is 2.73. The molecule has 2 rings (SSSR count). The Bertz CT molecular complexity index is 726. The van der Waals surface area contributed by atoms with Gasteiger partial charge in [0.05, 0.1) is 26.9 Å². The van der Waals surface area contributed by atoms with Crippen molar-refractivity contribution >= 4 is 11.9 Å². The number of carbonyl (C=O) groups is 2. The highest BCUT2D eigenvalue weighted by Crippen LogP contribution is 2.27. The second-order valence-electron chi connectivity index (χ2n) is 5.62. The molecule has 1 heterocycles. The average Bonchev–Trinajstić information content (AvgIpc) is 3.17. The first kappa shape index (κ1) is 19.4. The fraction of sp³-hybridized carbons (Fsp3) is 0.368. The topological polar surface area (TPSA) is 87.0 Å². The molecule has 2 aromatic rings. The summed E-state index contributed by atoms with van der Waals surface area (Å²) in [6.45, 7) is 1.82. The van der Waals surface area contributed by atoms with Gasteiger partial charge in [0.1, 0.15) is 5.76 Å². The van der Waals surface area contributed by atoms with Crippen molar-refractivity contribution in [1.82, 2.24) is 5.32 Å². The van der Waals surface area contributed by atoms with Crippen LogP contribution < -0.4 is 14.8 Å². The second-order valence-corrected chi connectivity index (χ2v) is 5.62. The third-order valence-corrected chi connectivity index (χ3v) is 3.75. The molecule has 0 saturated heterocycles. The first-order valence-electron chi connectivity index (χ1n) is 8.24. The van der Waals surface area contributed by atoms with Gasteiger partial charge in [-0.25, -0.2) is 0 Å². The lowest BCUT2D eigenvalue weighted by atomic mass is 10.2. The van der Waals surface area contributed by atoms with Crippen LogP contribution in [0.1, 0.15) is 24.7 Å². The van der Waals surface area contributed by atoms with Crippen molar-refractivity contribution in [2.75, 3.05) is 14.2 Å². The number of rotatable bonds is 9. The van der Waals surface area contributed by atoms with Crippen LogP contribution >= 0.6 is 0 Å². The molecule has 0 radical (unpaired) electrons. The number of aryl methyl sites for hydroxylation is 1. The number of methoxy groups -OCH3 is 2. The number of nitrogens with one attached hydrogen (secondary N) is 1. The standard InChI is InChI=1S/C19H23NO6/c1-13(26-18(21)9-7-15-5-4-10-25-15)19(22)20-12-14-6-8-16(23-2)17(11-14)24-3/h4-6,8,10-11,13H,7,9,12H2,1-3H3,(H,20,22)/t13-/m0/s1. The van der Waals surface area contributed by atoms with Gasteiger partial charge in [0, 0.05) is 13.0 Å². The maximum absolute atomic E-state index is 12.1. The zero-order chi connectivity index (χ0) is 18.9. The summed E-state index contributed by atoms with van der Waals surface area (Å²) in [4.78, 5) is 23.9. The first-order chi connectivity index (χ1) is 12.5. The van der Waals surface area contributed by atoms with Crippen LogP contribution in [0.3, 0.4) is 0 Å². The Labute approximate surface area is 152 Å². The molecule has 7 heteroatoms. The van der Waals surface area contributed by atoms with E-state index in [1.54, 1.807) is 44.7 Å². The average molecular weight is 361 g/mol. The minimum Gasteiger partial charge on any atom is -0.493 e. The fourth-order valence-corrected chi connectivity index (χ4v) is 2.31. The molecule has 0 fully saturated rings. The molecule has 0 saturated carbocycles. The second kappa shape index (κ2) is 9.50. The fourth-order valence-electron chi connectivity index (χ4n) is 2.31. The van der Waals surface area contributed by atoms with Crippen LogP contribution in [0.15, 0.2) is 41.0 Å². The number of carbonyl (C=O) groups excluding carboxylic acids is 2. The number of hydrogen-bond acceptors (Lipinski definition) is 6. The van der Waals surface area contributed by atoms with Gasteiger partial charge in [-0.3, -0.25) is 9.59 Å². The molecule has 26 heavy (non-hydrogen) atoms. The van der Waals surface area contributed by atoms with Gasteiger partial charge in [0.2, 0.25) is 0 Å². The predicted octanol–water partition coefficient (Wildman–Crippen LogP) is 2.48. The normalized spacial score (nSPS) is 11.5. The van der Waals surface area contributed by atoms with E-state index in [0.717, 1.165) is 5.56 Å². The summed E-state index contributed by atoms with van der Waals surface area (Å²) in [7, 11) is 3.10. The van der Waals surface area contributed by atoms with Gasteiger partial charge in [-0.1, -0.05) is 6.07 Å². The van der Waals surface area contributed by atoms with Crippen LogP contribution in [0, 0.1) is 0 Å². The molecule has 0 aliphatic rings. The van der Waals surface area contributed by atoms with Crippen LogP contribution in [0.5, 0.6) is 11.5 Å². The van der Waals surface area contributed by atoms with Crippen molar-refractivity contribution in [3.8, 4) is 11.5 Å². The molecule has 1 aromatic carbocycles. The summed E-state index contributed by atoms with van der Waals surface area (Å²) >= 11 is 0. The molecular weight excluding hydrogens is 338 g/mol.